The zero-order valence-corrected chi connectivity index (χ0v) is 11.1. The molecule has 2 fully saturated rings. The molecule has 2 saturated heterocycles. The van der Waals surface area contributed by atoms with Crippen LogP contribution in [0.2, 0.25) is 0 Å². The molecular weight excluding hydrogens is 270 g/mol. The molecule has 2 unspecified atom stereocenters. The second-order valence-electron chi connectivity index (χ2n) is 4.61. The predicted octanol–water partition coefficient (Wildman–Crippen LogP) is 0.817. The maximum absolute atomic E-state index is 11.9. The molecular formula is C12H13NO5S. The number of carbonyl (C=O) groups excluding carboxylic acids is 1. The molecule has 2 heterocycles. The SMILES string of the molecule is COc1ccccc1N1C(=O)OC2CS(=O)(=O)CC21. The second-order valence-corrected chi connectivity index (χ2v) is 6.76. The minimum absolute atomic E-state index is 0.0680. The van der Waals surface area contributed by atoms with Crippen molar-refractivity contribution in [1.29, 1.82) is 0 Å². The number of amides is 1. The molecule has 3 rings (SSSR count). The summed E-state index contributed by atoms with van der Waals surface area (Å²) < 4.78 is 33.6. The summed E-state index contributed by atoms with van der Waals surface area (Å²) in [5.41, 5.74) is 0.541. The minimum Gasteiger partial charge on any atom is -0.495 e. The fourth-order valence-electron chi connectivity index (χ4n) is 2.58. The zero-order valence-electron chi connectivity index (χ0n) is 10.3. The number of nitrogens with zero attached hydrogens (tertiary/aromatic N) is 1. The highest BCUT2D eigenvalue weighted by Gasteiger charge is 2.51. The van der Waals surface area contributed by atoms with E-state index in [4.69, 9.17) is 9.47 Å². The Bertz CT molecular complexity index is 627. The molecule has 2 atom stereocenters. The van der Waals surface area contributed by atoms with Crippen molar-refractivity contribution in [3.63, 3.8) is 0 Å². The summed E-state index contributed by atoms with van der Waals surface area (Å²) in [6, 6.07) is 6.52. The van der Waals surface area contributed by atoms with Crippen LogP contribution >= 0.6 is 0 Å². The third-order valence-electron chi connectivity index (χ3n) is 3.40. The number of hydrogen-bond acceptors (Lipinski definition) is 5. The van der Waals surface area contributed by atoms with Crippen LogP contribution in [0.4, 0.5) is 10.5 Å². The summed E-state index contributed by atoms with van der Waals surface area (Å²) >= 11 is 0. The van der Waals surface area contributed by atoms with E-state index < -0.39 is 28.1 Å². The Morgan fingerprint density at radius 1 is 1.32 bits per heavy atom. The van der Waals surface area contributed by atoms with Crippen molar-refractivity contribution in [2.45, 2.75) is 12.1 Å². The molecule has 0 N–H and O–H groups in total. The number of ether oxygens (including phenoxy) is 2. The first kappa shape index (κ1) is 12.3. The lowest BCUT2D eigenvalue weighted by Crippen LogP contribution is -2.37. The van der Waals surface area contributed by atoms with Gasteiger partial charge in [0.2, 0.25) is 0 Å². The van der Waals surface area contributed by atoms with E-state index in [1.807, 2.05) is 0 Å². The highest BCUT2D eigenvalue weighted by molar-refractivity contribution is 7.91. The van der Waals surface area contributed by atoms with Gasteiger partial charge in [0.1, 0.15) is 11.9 Å². The molecule has 19 heavy (non-hydrogen) atoms. The van der Waals surface area contributed by atoms with Gasteiger partial charge in [-0.25, -0.2) is 13.2 Å². The van der Waals surface area contributed by atoms with E-state index in [-0.39, 0.29) is 11.5 Å². The van der Waals surface area contributed by atoms with Crippen LogP contribution in [-0.2, 0) is 14.6 Å². The smallest absolute Gasteiger partial charge is 0.415 e. The molecule has 0 saturated carbocycles. The lowest BCUT2D eigenvalue weighted by atomic mass is 10.2. The second kappa shape index (κ2) is 4.12. The van der Waals surface area contributed by atoms with Crippen molar-refractivity contribution in [3.8, 4) is 5.75 Å². The van der Waals surface area contributed by atoms with E-state index in [9.17, 15) is 13.2 Å². The van der Waals surface area contributed by atoms with Gasteiger partial charge in [0.15, 0.2) is 9.84 Å². The van der Waals surface area contributed by atoms with Crippen LogP contribution in [0.25, 0.3) is 0 Å². The van der Waals surface area contributed by atoms with Gasteiger partial charge in [-0.3, -0.25) is 4.90 Å². The first-order valence-electron chi connectivity index (χ1n) is 5.85. The Hall–Kier alpha value is -1.76. The van der Waals surface area contributed by atoms with Crippen molar-refractivity contribution < 1.29 is 22.7 Å². The molecule has 2 aliphatic heterocycles. The molecule has 0 spiro atoms. The van der Waals surface area contributed by atoms with E-state index in [0.717, 1.165) is 0 Å². The fraction of sp³-hybridized carbons (Fsp3) is 0.417. The first-order valence-corrected chi connectivity index (χ1v) is 7.67. The van der Waals surface area contributed by atoms with E-state index in [0.29, 0.717) is 11.4 Å². The Labute approximate surface area is 110 Å². The molecule has 0 aliphatic carbocycles. The summed E-state index contributed by atoms with van der Waals surface area (Å²) in [5, 5.41) is 0. The Morgan fingerprint density at radius 3 is 2.79 bits per heavy atom. The molecule has 7 heteroatoms. The lowest BCUT2D eigenvalue weighted by molar-refractivity contribution is 0.147. The summed E-state index contributed by atoms with van der Waals surface area (Å²) in [7, 11) is -1.65. The first-order chi connectivity index (χ1) is 9.02. The molecule has 6 nitrogen and oxygen atoms in total. The number of methoxy groups -OCH3 is 1. The number of carbonyl (C=O) groups is 1. The maximum atomic E-state index is 11.9. The lowest BCUT2D eigenvalue weighted by Gasteiger charge is -2.21. The summed E-state index contributed by atoms with van der Waals surface area (Å²) in [6.07, 6.45) is -1.10. The summed E-state index contributed by atoms with van der Waals surface area (Å²) in [5.74, 6) is 0.348. The molecule has 0 aromatic heterocycles. The summed E-state index contributed by atoms with van der Waals surface area (Å²) in [6.45, 7) is 0. The van der Waals surface area contributed by atoms with Crippen LogP contribution < -0.4 is 9.64 Å². The topological polar surface area (TPSA) is 72.9 Å². The van der Waals surface area contributed by atoms with E-state index in [1.54, 1.807) is 24.3 Å². The van der Waals surface area contributed by atoms with Crippen LogP contribution in [0.15, 0.2) is 24.3 Å². The molecule has 0 radical (unpaired) electrons. The average Bonchev–Trinajstić information content (AvgIpc) is 2.79. The van der Waals surface area contributed by atoms with Gasteiger partial charge in [-0.15, -0.1) is 0 Å². The van der Waals surface area contributed by atoms with Crippen molar-refractivity contribution in [2.24, 2.45) is 0 Å². The van der Waals surface area contributed by atoms with Gasteiger partial charge in [-0.05, 0) is 12.1 Å². The number of anilines is 1. The van der Waals surface area contributed by atoms with Crippen LogP contribution in [-0.4, -0.2) is 45.3 Å². The number of fused-ring (bicyclic) bond motifs is 1. The van der Waals surface area contributed by atoms with Crippen LogP contribution in [0.5, 0.6) is 5.75 Å². The standard InChI is InChI=1S/C12H13NO5S/c1-17-10-5-3-2-4-8(10)13-9-6-19(15,16)7-11(9)18-12(13)14/h2-5,9,11H,6-7H2,1H3. The quantitative estimate of drug-likeness (QED) is 0.803. The Morgan fingerprint density at radius 2 is 2.05 bits per heavy atom. The van der Waals surface area contributed by atoms with Gasteiger partial charge in [-0.1, -0.05) is 12.1 Å². The Balaban J connectivity index is 2.02. The number of sulfone groups is 1. The number of para-hydroxylation sites is 2. The number of hydrogen-bond donors (Lipinski definition) is 0. The highest BCUT2D eigenvalue weighted by atomic mass is 32.2. The molecule has 2 aliphatic rings. The minimum atomic E-state index is -3.15. The van der Waals surface area contributed by atoms with Crippen molar-refractivity contribution >= 4 is 21.6 Å². The van der Waals surface area contributed by atoms with Gasteiger partial charge < -0.3 is 9.47 Å². The van der Waals surface area contributed by atoms with E-state index in [2.05, 4.69) is 0 Å². The molecule has 1 amide bonds. The molecule has 102 valence electrons. The zero-order chi connectivity index (χ0) is 13.6. The fourth-order valence-corrected chi connectivity index (χ4v) is 4.39. The van der Waals surface area contributed by atoms with Crippen LogP contribution in [0, 0.1) is 0 Å². The number of benzene rings is 1. The van der Waals surface area contributed by atoms with Gasteiger partial charge in [0, 0.05) is 0 Å². The molecule has 1 aromatic carbocycles. The van der Waals surface area contributed by atoms with Crippen LogP contribution in [0.1, 0.15) is 0 Å². The maximum Gasteiger partial charge on any atom is 0.415 e. The molecule has 1 aromatic rings. The summed E-state index contributed by atoms with van der Waals surface area (Å²) in [4.78, 5) is 13.3. The predicted molar refractivity (Wildman–Crippen MR) is 68.2 cm³/mol. The van der Waals surface area contributed by atoms with Crippen molar-refractivity contribution in [1.82, 2.24) is 0 Å². The monoisotopic (exact) mass is 283 g/mol. The van der Waals surface area contributed by atoms with Gasteiger partial charge >= 0.3 is 6.09 Å². The molecule has 0 bridgehead atoms. The largest absolute Gasteiger partial charge is 0.495 e. The Kier molecular flexibility index (Phi) is 2.67. The third-order valence-corrected chi connectivity index (χ3v) is 5.08. The third kappa shape index (κ3) is 1.94. The van der Waals surface area contributed by atoms with Crippen LogP contribution in [0.3, 0.4) is 0 Å². The van der Waals surface area contributed by atoms with E-state index in [1.165, 1.54) is 12.0 Å². The van der Waals surface area contributed by atoms with Gasteiger partial charge in [0.05, 0.1) is 30.3 Å². The van der Waals surface area contributed by atoms with Gasteiger partial charge in [-0.2, -0.15) is 0 Å². The highest BCUT2D eigenvalue weighted by Crippen LogP contribution is 2.37. The van der Waals surface area contributed by atoms with Crippen molar-refractivity contribution in [2.75, 3.05) is 23.5 Å². The van der Waals surface area contributed by atoms with Gasteiger partial charge in [0.25, 0.3) is 0 Å². The number of rotatable bonds is 2. The van der Waals surface area contributed by atoms with E-state index >= 15 is 0 Å². The average molecular weight is 283 g/mol. The normalized spacial score (nSPS) is 28.1. The van der Waals surface area contributed by atoms with Crippen molar-refractivity contribution in [3.05, 3.63) is 24.3 Å².